The van der Waals surface area contributed by atoms with Crippen LogP contribution in [0.5, 0.6) is 5.75 Å². The number of likely N-dealkylation sites (tertiary alicyclic amines) is 2. The van der Waals surface area contributed by atoms with E-state index in [2.05, 4.69) is 75.4 Å². The van der Waals surface area contributed by atoms with Crippen LogP contribution in [0.4, 0.5) is 9.59 Å². The normalized spacial score (nSPS) is 19.0. The molecule has 322 valence electrons. The van der Waals surface area contributed by atoms with Crippen LogP contribution in [-0.2, 0) is 24.8 Å². The molecule has 0 radical (unpaired) electrons. The molecule has 5 aromatic rings. The second-order valence-electron chi connectivity index (χ2n) is 17.4. The van der Waals surface area contributed by atoms with E-state index in [-0.39, 0.29) is 35.7 Å². The molecule has 61 heavy (non-hydrogen) atoms. The number of H-pyrrole nitrogens is 2. The summed E-state index contributed by atoms with van der Waals surface area (Å²) in [5, 5.41) is 6.46. The second kappa shape index (κ2) is 16.3. The van der Waals surface area contributed by atoms with Crippen molar-refractivity contribution in [3.05, 3.63) is 66.5 Å². The van der Waals surface area contributed by atoms with E-state index in [9.17, 15) is 19.2 Å². The fourth-order valence-corrected chi connectivity index (χ4v) is 9.15. The topological polar surface area (TPSA) is 189 Å². The Morgan fingerprint density at radius 2 is 1.26 bits per heavy atom. The average Bonchev–Trinajstić information content (AvgIpc) is 4.09. The summed E-state index contributed by atoms with van der Waals surface area (Å²) >= 11 is 0. The van der Waals surface area contributed by atoms with E-state index in [1.807, 2.05) is 44.9 Å². The van der Waals surface area contributed by atoms with Crippen molar-refractivity contribution in [2.75, 3.05) is 27.3 Å². The molecule has 8 rings (SSSR count). The molecule has 2 aromatic carbocycles. The fraction of sp³-hybridized carbons (Fsp3) is 0.467. The molecule has 4 atom stereocenters. The number of hydrogen-bond acceptors (Lipinski definition) is 9. The first-order valence-electron chi connectivity index (χ1n) is 21.1. The number of amides is 4. The Bertz CT molecular complexity index is 2480. The number of aromatic nitrogens is 5. The van der Waals surface area contributed by atoms with E-state index in [4.69, 9.17) is 24.2 Å². The number of carbonyl (C=O) groups is 4. The van der Waals surface area contributed by atoms with Crippen molar-refractivity contribution in [2.45, 2.75) is 97.1 Å². The molecule has 4 N–H and O–H groups in total. The summed E-state index contributed by atoms with van der Waals surface area (Å²) in [6, 6.07) is 12.8. The number of alkyl carbamates (subject to hydrolysis) is 2. The van der Waals surface area contributed by atoms with Crippen LogP contribution in [-0.4, -0.2) is 97.7 Å². The lowest BCUT2D eigenvalue weighted by atomic mass is 10.0. The van der Waals surface area contributed by atoms with Gasteiger partial charge in [0.05, 0.1) is 61.3 Å². The van der Waals surface area contributed by atoms with Crippen LogP contribution in [0.15, 0.2) is 54.9 Å². The van der Waals surface area contributed by atoms with Crippen molar-refractivity contribution >= 4 is 34.9 Å². The first kappa shape index (κ1) is 41.4. The zero-order valence-corrected chi connectivity index (χ0v) is 36.0. The molecule has 2 fully saturated rings. The van der Waals surface area contributed by atoms with Gasteiger partial charge in [0.2, 0.25) is 11.8 Å². The maximum atomic E-state index is 13.7. The van der Waals surface area contributed by atoms with E-state index >= 15 is 0 Å². The monoisotopic (exact) mass is 833 g/mol. The first-order valence-corrected chi connectivity index (χ1v) is 21.1. The number of ether oxygens (including phenoxy) is 3. The number of carbonyl (C=O) groups excluding carboxylic acids is 4. The quantitative estimate of drug-likeness (QED) is 0.112. The zero-order chi connectivity index (χ0) is 43.3. The Morgan fingerprint density at radius 1 is 0.754 bits per heavy atom. The highest BCUT2D eigenvalue weighted by Crippen LogP contribution is 2.46. The van der Waals surface area contributed by atoms with Gasteiger partial charge in [-0.05, 0) is 81.7 Å². The number of nitrogens with one attached hydrogen (secondary N) is 4. The lowest BCUT2D eigenvalue weighted by Gasteiger charge is -2.36. The summed E-state index contributed by atoms with van der Waals surface area (Å²) in [6.45, 7) is 12.9. The minimum Gasteiger partial charge on any atom is -0.467 e. The summed E-state index contributed by atoms with van der Waals surface area (Å²) in [6.07, 6.45) is 5.54. The van der Waals surface area contributed by atoms with Gasteiger partial charge in [-0.3, -0.25) is 9.59 Å². The molecule has 16 heteroatoms. The van der Waals surface area contributed by atoms with Gasteiger partial charge in [0.1, 0.15) is 29.5 Å². The third kappa shape index (κ3) is 7.67. The Hall–Kier alpha value is -6.32. The van der Waals surface area contributed by atoms with Crippen molar-refractivity contribution in [1.82, 2.24) is 44.9 Å². The van der Waals surface area contributed by atoms with Crippen LogP contribution in [0.2, 0.25) is 0 Å². The van der Waals surface area contributed by atoms with Crippen molar-refractivity contribution < 1.29 is 33.4 Å². The highest BCUT2D eigenvalue weighted by molar-refractivity contribution is 5.93. The van der Waals surface area contributed by atoms with E-state index in [1.165, 1.54) is 14.2 Å². The molecule has 0 spiro atoms. The third-order valence-electron chi connectivity index (χ3n) is 12.3. The molecule has 3 aromatic heterocycles. The average molecular weight is 834 g/mol. The zero-order valence-electron chi connectivity index (χ0n) is 36.0. The largest absolute Gasteiger partial charge is 0.467 e. The highest BCUT2D eigenvalue weighted by Gasteiger charge is 2.40. The minimum atomic E-state index is -0.713. The van der Waals surface area contributed by atoms with Gasteiger partial charge in [-0.2, -0.15) is 0 Å². The minimum absolute atomic E-state index is 0.120. The van der Waals surface area contributed by atoms with Crippen LogP contribution in [0.3, 0.4) is 0 Å². The van der Waals surface area contributed by atoms with E-state index < -0.39 is 30.0 Å². The summed E-state index contributed by atoms with van der Waals surface area (Å²) in [5.74, 6) is 1.61. The number of hydrogen-bond donors (Lipinski definition) is 4. The van der Waals surface area contributed by atoms with Gasteiger partial charge in [-0.25, -0.2) is 19.6 Å². The molecule has 3 aliphatic rings. The summed E-state index contributed by atoms with van der Waals surface area (Å²) < 4.78 is 18.5. The lowest BCUT2D eigenvalue weighted by molar-refractivity contribution is -0.136. The molecule has 0 aliphatic carbocycles. The van der Waals surface area contributed by atoms with Crippen LogP contribution >= 0.6 is 0 Å². The molecular formula is C45H55N9O7. The number of fused-ring (bicyclic) bond motifs is 5. The van der Waals surface area contributed by atoms with Gasteiger partial charge in [-0.1, -0.05) is 39.8 Å². The Kier molecular flexibility index (Phi) is 11.0. The number of rotatable bonds is 10. The molecule has 6 heterocycles. The molecule has 16 nitrogen and oxygen atoms in total. The molecule has 0 bridgehead atoms. The van der Waals surface area contributed by atoms with Crippen LogP contribution in [0.25, 0.3) is 44.7 Å². The van der Waals surface area contributed by atoms with Gasteiger partial charge in [0, 0.05) is 35.2 Å². The molecule has 4 amide bonds. The van der Waals surface area contributed by atoms with Gasteiger partial charge in [0.15, 0.2) is 5.72 Å². The molecule has 3 aliphatic heterocycles. The van der Waals surface area contributed by atoms with Crippen molar-refractivity contribution in [3.8, 4) is 39.5 Å². The van der Waals surface area contributed by atoms with Crippen molar-refractivity contribution in [1.29, 1.82) is 0 Å². The number of benzene rings is 2. The molecular weight excluding hydrogens is 779 g/mol. The summed E-state index contributed by atoms with van der Waals surface area (Å²) in [7, 11) is 2.58. The Labute approximate surface area is 354 Å². The molecule has 2 unspecified atom stereocenters. The predicted octanol–water partition coefficient (Wildman–Crippen LogP) is 7.26. The van der Waals surface area contributed by atoms with Crippen LogP contribution < -0.4 is 15.4 Å². The third-order valence-corrected chi connectivity index (χ3v) is 12.3. The lowest BCUT2D eigenvalue weighted by Crippen LogP contribution is -2.51. The predicted molar refractivity (Wildman–Crippen MR) is 228 cm³/mol. The maximum absolute atomic E-state index is 13.7. The van der Waals surface area contributed by atoms with E-state index in [0.29, 0.717) is 24.7 Å². The second-order valence-corrected chi connectivity index (χ2v) is 17.4. The number of methoxy groups -OCH3 is 2. The maximum Gasteiger partial charge on any atom is 0.407 e. The number of aromatic amines is 2. The van der Waals surface area contributed by atoms with Gasteiger partial charge in [-0.15, -0.1) is 0 Å². The van der Waals surface area contributed by atoms with Crippen molar-refractivity contribution in [3.63, 3.8) is 0 Å². The van der Waals surface area contributed by atoms with Gasteiger partial charge >= 0.3 is 12.2 Å². The summed E-state index contributed by atoms with van der Waals surface area (Å²) in [5.41, 5.74) is 5.82. The van der Waals surface area contributed by atoms with Gasteiger partial charge < -0.3 is 49.2 Å². The Balaban J connectivity index is 1.03. The molecule has 0 saturated carbocycles. The van der Waals surface area contributed by atoms with Gasteiger partial charge in [0.25, 0.3) is 0 Å². The highest BCUT2D eigenvalue weighted by atomic mass is 16.5. The van der Waals surface area contributed by atoms with Crippen LogP contribution in [0, 0.1) is 11.8 Å². The standard InChI is InChI=1S/C45H55N9O7/c1-24(2)37(50-43(57)59-7)41(55)52-17-9-11-33(52)39-46-22-30(48-39)26-14-16-32-28(19-26)20-35-29-15-13-27(21-36(29)61-45(5,6)54(32)35)31-23-47-40(49-31)34-12-10-18-53(34)42(56)38(25(3)4)51-44(58)60-8/h13-16,19-25,33-34,37-38H,9-12,17-18H2,1-8H3,(H,46,48)(H,47,49)(H,50,57)(H,51,58)/t33-,34-,37?,38?/m0/s1. The number of imidazole rings is 2. The fourth-order valence-electron chi connectivity index (χ4n) is 9.15. The Morgan fingerprint density at radius 3 is 1.77 bits per heavy atom. The molecule has 2 saturated heterocycles. The van der Waals surface area contributed by atoms with E-state index in [0.717, 1.165) is 76.1 Å². The smallest absolute Gasteiger partial charge is 0.407 e. The van der Waals surface area contributed by atoms with Crippen molar-refractivity contribution in [2.24, 2.45) is 11.8 Å². The number of nitrogens with zero attached hydrogens (tertiary/aromatic N) is 5. The van der Waals surface area contributed by atoms with E-state index in [1.54, 1.807) is 11.1 Å². The summed E-state index contributed by atoms with van der Waals surface area (Å²) in [4.78, 5) is 71.6. The first-order chi connectivity index (χ1) is 29.2. The van der Waals surface area contributed by atoms with Crippen LogP contribution in [0.1, 0.15) is 91.0 Å². The SMILES string of the molecule is COC(=O)NC(C(=O)N1CCC[C@H]1c1ncc(-c2ccc3c(c2)OC(C)(C)n2c-3cc3cc(-c4cnc([C@@H]5CCCN5C(=O)C(NC(=O)OC)C(C)C)[nH]4)ccc32)[nH]1)C(C)C.